The maximum Gasteiger partial charge on any atom is 0.120 e. The molecule has 96 valence electrons. The van der Waals surface area contributed by atoms with Crippen LogP contribution in [0.25, 0.3) is 0 Å². The number of phenolic OH excluding ortho intramolecular Hbond substituents is 1. The Balaban J connectivity index is 3.15. The predicted octanol–water partition coefficient (Wildman–Crippen LogP) is 3.95. The summed E-state index contributed by atoms with van der Waals surface area (Å²) in [7, 11) is 0. The Kier molecular flexibility index (Phi) is 4.21. The van der Waals surface area contributed by atoms with Crippen molar-refractivity contribution in [1.29, 1.82) is 0 Å². The van der Waals surface area contributed by atoms with E-state index in [9.17, 15) is 5.11 Å². The highest BCUT2D eigenvalue weighted by Gasteiger charge is 2.25. The molecule has 3 N–H and O–H groups in total. The molecule has 1 aromatic carbocycles. The summed E-state index contributed by atoms with van der Waals surface area (Å²) in [4.78, 5) is 0. The highest BCUT2D eigenvalue weighted by molar-refractivity contribution is 5.40. The van der Waals surface area contributed by atoms with Crippen molar-refractivity contribution >= 4 is 0 Å². The van der Waals surface area contributed by atoms with Crippen LogP contribution >= 0.6 is 0 Å². The number of phenols is 1. The number of nitrogens with two attached hydrogens (primary N) is 1. The average molecular weight is 235 g/mol. The number of hydrogen-bond donors (Lipinski definition) is 2. The van der Waals surface area contributed by atoms with E-state index >= 15 is 0 Å². The molecule has 2 atom stereocenters. The van der Waals surface area contributed by atoms with Crippen molar-refractivity contribution in [3.8, 4) is 5.75 Å². The van der Waals surface area contributed by atoms with Gasteiger partial charge in [-0.15, -0.1) is 0 Å². The van der Waals surface area contributed by atoms with Gasteiger partial charge in [-0.2, -0.15) is 0 Å². The van der Waals surface area contributed by atoms with Crippen LogP contribution in [0, 0.1) is 5.41 Å². The second-order valence-corrected chi connectivity index (χ2v) is 5.97. The molecular formula is C15H25NO. The largest absolute Gasteiger partial charge is 0.508 e. The first kappa shape index (κ1) is 14.0. The molecule has 2 nitrogen and oxygen atoms in total. The fourth-order valence-corrected chi connectivity index (χ4v) is 1.83. The third-order valence-corrected chi connectivity index (χ3v) is 3.50. The lowest BCUT2D eigenvalue weighted by Crippen LogP contribution is -2.26. The molecule has 17 heavy (non-hydrogen) atoms. The summed E-state index contributed by atoms with van der Waals surface area (Å²) in [5, 5.41) is 9.94. The second kappa shape index (κ2) is 5.09. The summed E-state index contributed by atoms with van der Waals surface area (Å²) < 4.78 is 0. The Hall–Kier alpha value is -1.02. The minimum absolute atomic E-state index is 0.0500. The van der Waals surface area contributed by atoms with Gasteiger partial charge in [0.05, 0.1) is 0 Å². The molecule has 1 rings (SSSR count). The summed E-state index contributed by atoms with van der Waals surface area (Å²) >= 11 is 0. The van der Waals surface area contributed by atoms with Crippen LogP contribution in [0.1, 0.15) is 64.1 Å². The molecule has 0 aliphatic rings. The summed E-state index contributed by atoms with van der Waals surface area (Å²) in [5.41, 5.74) is 8.28. The van der Waals surface area contributed by atoms with E-state index in [2.05, 4.69) is 40.7 Å². The maximum absolute atomic E-state index is 9.94. The summed E-state index contributed by atoms with van der Waals surface area (Å²) in [5.74, 6) is 0.806. The first-order valence-corrected chi connectivity index (χ1v) is 6.35. The Morgan fingerprint density at radius 2 is 1.88 bits per heavy atom. The fraction of sp³-hybridized carbons (Fsp3) is 0.600. The number of aromatic hydroxyl groups is 1. The van der Waals surface area contributed by atoms with Gasteiger partial charge in [0.25, 0.3) is 0 Å². The molecule has 1 aromatic rings. The van der Waals surface area contributed by atoms with Crippen LogP contribution in [-0.2, 0) is 0 Å². The Morgan fingerprint density at radius 1 is 1.29 bits per heavy atom. The Bertz CT molecular complexity index is 379. The molecule has 0 radical (unpaired) electrons. The average Bonchev–Trinajstić information content (AvgIpc) is 2.26. The molecule has 0 fully saturated rings. The molecule has 0 heterocycles. The third-order valence-electron chi connectivity index (χ3n) is 3.50. The highest BCUT2D eigenvalue weighted by atomic mass is 16.3. The van der Waals surface area contributed by atoms with Gasteiger partial charge in [0, 0.05) is 11.6 Å². The first-order chi connectivity index (χ1) is 7.77. The maximum atomic E-state index is 9.94. The molecule has 0 aliphatic heterocycles. The molecule has 0 saturated carbocycles. The van der Waals surface area contributed by atoms with Gasteiger partial charge in [-0.3, -0.25) is 0 Å². The van der Waals surface area contributed by atoms with Gasteiger partial charge in [0.15, 0.2) is 0 Å². The van der Waals surface area contributed by atoms with Gasteiger partial charge in [-0.25, -0.2) is 0 Å². The van der Waals surface area contributed by atoms with Crippen LogP contribution in [0.3, 0.4) is 0 Å². The fourth-order valence-electron chi connectivity index (χ4n) is 1.83. The van der Waals surface area contributed by atoms with Crippen LogP contribution in [0.5, 0.6) is 5.75 Å². The zero-order valence-corrected chi connectivity index (χ0v) is 11.6. The van der Waals surface area contributed by atoms with Crippen molar-refractivity contribution in [3.63, 3.8) is 0 Å². The summed E-state index contributed by atoms with van der Waals surface area (Å²) in [6.45, 7) is 10.6. The standard InChI is InChI=1S/C15H25NO/c1-6-10(2)11-7-8-13(17)12(9-11)14(16)15(3,4)5/h7-10,14,17H,6,16H2,1-5H3. The topological polar surface area (TPSA) is 46.2 Å². The van der Waals surface area contributed by atoms with E-state index < -0.39 is 0 Å². The molecule has 0 aromatic heterocycles. The van der Waals surface area contributed by atoms with E-state index in [-0.39, 0.29) is 11.5 Å². The molecule has 0 amide bonds. The van der Waals surface area contributed by atoms with E-state index in [1.807, 2.05) is 6.07 Å². The number of rotatable bonds is 3. The quantitative estimate of drug-likeness (QED) is 0.833. The van der Waals surface area contributed by atoms with Gasteiger partial charge < -0.3 is 10.8 Å². The second-order valence-electron chi connectivity index (χ2n) is 5.97. The van der Waals surface area contributed by atoms with E-state index in [0.29, 0.717) is 11.7 Å². The smallest absolute Gasteiger partial charge is 0.120 e. The van der Waals surface area contributed by atoms with Crippen LogP contribution in [0.4, 0.5) is 0 Å². The van der Waals surface area contributed by atoms with Gasteiger partial charge in [0.1, 0.15) is 5.75 Å². The molecule has 0 spiro atoms. The Morgan fingerprint density at radius 3 is 2.35 bits per heavy atom. The lowest BCUT2D eigenvalue weighted by molar-refractivity contribution is 0.317. The number of hydrogen-bond acceptors (Lipinski definition) is 2. The lowest BCUT2D eigenvalue weighted by Gasteiger charge is -2.28. The normalized spacial score (nSPS) is 15.6. The molecule has 0 aliphatic carbocycles. The minimum Gasteiger partial charge on any atom is -0.508 e. The van der Waals surface area contributed by atoms with Crippen molar-refractivity contribution in [1.82, 2.24) is 0 Å². The zero-order chi connectivity index (χ0) is 13.2. The van der Waals surface area contributed by atoms with E-state index in [0.717, 1.165) is 12.0 Å². The SMILES string of the molecule is CCC(C)c1ccc(O)c(C(N)C(C)(C)C)c1. The minimum atomic E-state index is -0.147. The van der Waals surface area contributed by atoms with Crippen molar-refractivity contribution in [2.45, 2.75) is 53.0 Å². The molecule has 2 heteroatoms. The van der Waals surface area contributed by atoms with Crippen molar-refractivity contribution in [2.75, 3.05) is 0 Å². The van der Waals surface area contributed by atoms with Crippen LogP contribution < -0.4 is 5.73 Å². The Labute approximate surface area is 105 Å². The van der Waals surface area contributed by atoms with Crippen LogP contribution in [0.2, 0.25) is 0 Å². The highest BCUT2D eigenvalue weighted by Crippen LogP contribution is 2.36. The molecule has 2 unspecified atom stereocenters. The summed E-state index contributed by atoms with van der Waals surface area (Å²) in [6, 6.07) is 5.66. The van der Waals surface area contributed by atoms with Gasteiger partial charge in [0.2, 0.25) is 0 Å². The van der Waals surface area contributed by atoms with Gasteiger partial charge >= 0.3 is 0 Å². The van der Waals surface area contributed by atoms with Crippen LogP contribution in [-0.4, -0.2) is 5.11 Å². The zero-order valence-electron chi connectivity index (χ0n) is 11.6. The van der Waals surface area contributed by atoms with Crippen molar-refractivity contribution in [2.24, 2.45) is 11.1 Å². The van der Waals surface area contributed by atoms with Crippen molar-refractivity contribution in [3.05, 3.63) is 29.3 Å². The van der Waals surface area contributed by atoms with E-state index in [4.69, 9.17) is 5.73 Å². The van der Waals surface area contributed by atoms with E-state index in [1.165, 1.54) is 5.56 Å². The lowest BCUT2D eigenvalue weighted by atomic mass is 9.81. The van der Waals surface area contributed by atoms with Crippen LogP contribution in [0.15, 0.2) is 18.2 Å². The molecular weight excluding hydrogens is 210 g/mol. The molecule has 0 saturated heterocycles. The van der Waals surface area contributed by atoms with Gasteiger partial charge in [-0.05, 0) is 29.4 Å². The predicted molar refractivity (Wildman–Crippen MR) is 73.2 cm³/mol. The summed E-state index contributed by atoms with van der Waals surface area (Å²) in [6.07, 6.45) is 1.09. The number of benzene rings is 1. The first-order valence-electron chi connectivity index (χ1n) is 6.35. The van der Waals surface area contributed by atoms with Crippen molar-refractivity contribution < 1.29 is 5.11 Å². The monoisotopic (exact) mass is 235 g/mol. The van der Waals surface area contributed by atoms with Gasteiger partial charge in [-0.1, -0.05) is 46.8 Å². The third kappa shape index (κ3) is 3.22. The molecule has 0 bridgehead atoms. The van der Waals surface area contributed by atoms with E-state index in [1.54, 1.807) is 6.07 Å².